The van der Waals surface area contributed by atoms with Gasteiger partial charge < -0.3 is 5.73 Å². The van der Waals surface area contributed by atoms with Gasteiger partial charge in [0.25, 0.3) is 0 Å². The Hall–Kier alpha value is -2.00. The van der Waals surface area contributed by atoms with Crippen LogP contribution in [0.25, 0.3) is 16.8 Å². The quantitative estimate of drug-likeness (QED) is 0.713. The normalized spacial score (nSPS) is 10.9. The van der Waals surface area contributed by atoms with Crippen molar-refractivity contribution in [3.05, 3.63) is 53.8 Å². The number of hydrogen-bond donors (Lipinski definition) is 1. The second-order valence-corrected chi connectivity index (χ2v) is 4.24. The summed E-state index contributed by atoms with van der Waals surface area (Å²) >= 11 is 5.88. The van der Waals surface area contributed by atoms with Gasteiger partial charge in [-0.3, -0.25) is 4.40 Å². The van der Waals surface area contributed by atoms with E-state index in [4.69, 9.17) is 17.3 Å². The molecule has 84 valence electrons. The Labute approximate surface area is 103 Å². The smallest absolute Gasteiger partial charge is 0.146 e. The number of anilines is 1. The zero-order chi connectivity index (χ0) is 11.8. The van der Waals surface area contributed by atoms with E-state index in [0.29, 0.717) is 5.82 Å². The van der Waals surface area contributed by atoms with Crippen molar-refractivity contribution in [1.82, 2.24) is 9.38 Å². The topological polar surface area (TPSA) is 43.3 Å². The molecule has 0 fully saturated rings. The van der Waals surface area contributed by atoms with E-state index in [1.807, 2.05) is 47.0 Å². The maximum Gasteiger partial charge on any atom is 0.146 e. The van der Waals surface area contributed by atoms with Crippen molar-refractivity contribution in [2.75, 3.05) is 5.73 Å². The maximum atomic E-state index is 5.88. The number of pyridine rings is 1. The van der Waals surface area contributed by atoms with Crippen molar-refractivity contribution in [1.29, 1.82) is 0 Å². The van der Waals surface area contributed by atoms with E-state index in [2.05, 4.69) is 4.98 Å². The van der Waals surface area contributed by atoms with Gasteiger partial charge in [0.2, 0.25) is 0 Å². The van der Waals surface area contributed by atoms with Crippen LogP contribution in [0.2, 0.25) is 5.02 Å². The molecule has 3 rings (SSSR count). The summed E-state index contributed by atoms with van der Waals surface area (Å²) in [6, 6.07) is 11.7. The minimum absolute atomic E-state index is 0.635. The fraction of sp³-hybridized carbons (Fsp3) is 0. The Bertz CT molecular complexity index is 671. The predicted molar refractivity (Wildman–Crippen MR) is 70.1 cm³/mol. The number of rotatable bonds is 1. The van der Waals surface area contributed by atoms with Gasteiger partial charge in [0.05, 0.1) is 6.20 Å². The molecule has 4 heteroatoms. The third-order valence-corrected chi connectivity index (χ3v) is 2.97. The molecule has 3 nitrogen and oxygen atoms in total. The van der Waals surface area contributed by atoms with Crippen molar-refractivity contribution in [2.24, 2.45) is 0 Å². The van der Waals surface area contributed by atoms with Crippen LogP contribution in [-0.2, 0) is 0 Å². The van der Waals surface area contributed by atoms with Gasteiger partial charge in [0.1, 0.15) is 11.5 Å². The average molecular weight is 244 g/mol. The van der Waals surface area contributed by atoms with E-state index in [-0.39, 0.29) is 0 Å². The van der Waals surface area contributed by atoms with Crippen molar-refractivity contribution in [3.8, 4) is 11.1 Å². The number of aromatic nitrogens is 2. The molecule has 0 radical (unpaired) electrons. The molecule has 3 aromatic rings. The summed E-state index contributed by atoms with van der Waals surface area (Å²) in [6.07, 6.45) is 3.56. The number of benzene rings is 1. The zero-order valence-corrected chi connectivity index (χ0v) is 9.72. The minimum Gasteiger partial charge on any atom is -0.383 e. The highest BCUT2D eigenvalue weighted by atomic mass is 35.5. The first kappa shape index (κ1) is 10.2. The van der Waals surface area contributed by atoms with Crippen LogP contribution in [0, 0.1) is 0 Å². The van der Waals surface area contributed by atoms with E-state index in [9.17, 15) is 0 Å². The molecule has 0 aliphatic carbocycles. The molecule has 17 heavy (non-hydrogen) atoms. The van der Waals surface area contributed by atoms with Gasteiger partial charge in [-0.05, 0) is 29.8 Å². The fourth-order valence-corrected chi connectivity index (χ4v) is 2.01. The number of halogens is 1. The van der Waals surface area contributed by atoms with Crippen LogP contribution in [0.4, 0.5) is 5.82 Å². The lowest BCUT2D eigenvalue weighted by molar-refractivity contribution is 1.20. The van der Waals surface area contributed by atoms with E-state index in [0.717, 1.165) is 21.8 Å². The number of nitrogen functional groups attached to an aromatic ring is 1. The number of hydrogen-bond acceptors (Lipinski definition) is 2. The molecule has 1 aromatic carbocycles. The van der Waals surface area contributed by atoms with Crippen molar-refractivity contribution in [2.45, 2.75) is 0 Å². The van der Waals surface area contributed by atoms with E-state index in [1.54, 1.807) is 6.20 Å². The zero-order valence-electron chi connectivity index (χ0n) is 8.97. The lowest BCUT2D eigenvalue weighted by Gasteiger charge is -2.04. The summed E-state index contributed by atoms with van der Waals surface area (Å²) in [7, 11) is 0. The van der Waals surface area contributed by atoms with Crippen LogP contribution in [0.3, 0.4) is 0 Å². The van der Waals surface area contributed by atoms with E-state index < -0.39 is 0 Å². The second kappa shape index (κ2) is 3.79. The molecule has 0 saturated carbocycles. The molecule has 0 aliphatic rings. The van der Waals surface area contributed by atoms with Crippen molar-refractivity contribution >= 4 is 23.1 Å². The standard InChI is InChI=1S/C13H10ClN3/c14-10-5-3-9(4-6-10)11-2-1-7-17-12(15)8-16-13(11)17/h1-8H,15H2. The summed E-state index contributed by atoms with van der Waals surface area (Å²) in [4.78, 5) is 4.32. The number of imidazole rings is 1. The molecule has 0 aliphatic heterocycles. The maximum absolute atomic E-state index is 5.88. The van der Waals surface area contributed by atoms with Crippen molar-refractivity contribution < 1.29 is 0 Å². The molecule has 0 spiro atoms. The Morgan fingerprint density at radius 3 is 2.65 bits per heavy atom. The van der Waals surface area contributed by atoms with E-state index in [1.165, 1.54) is 0 Å². The van der Waals surface area contributed by atoms with Gasteiger partial charge in [-0.2, -0.15) is 0 Å². The Morgan fingerprint density at radius 1 is 1.12 bits per heavy atom. The van der Waals surface area contributed by atoms with Gasteiger partial charge in [0.15, 0.2) is 0 Å². The SMILES string of the molecule is Nc1cnc2c(-c3ccc(Cl)cc3)cccn12. The van der Waals surface area contributed by atoms with Crippen LogP contribution in [-0.4, -0.2) is 9.38 Å². The molecule has 2 N–H and O–H groups in total. The van der Waals surface area contributed by atoms with Crippen LogP contribution >= 0.6 is 11.6 Å². The lowest BCUT2D eigenvalue weighted by atomic mass is 10.1. The summed E-state index contributed by atoms with van der Waals surface area (Å²) in [5.41, 5.74) is 8.80. The third kappa shape index (κ3) is 1.65. The lowest BCUT2D eigenvalue weighted by Crippen LogP contribution is -1.93. The molecule has 0 amide bonds. The molecule has 2 heterocycles. The van der Waals surface area contributed by atoms with E-state index >= 15 is 0 Å². The number of nitrogens with two attached hydrogens (primary N) is 1. The Kier molecular flexibility index (Phi) is 2.27. The largest absolute Gasteiger partial charge is 0.383 e. The number of fused-ring (bicyclic) bond motifs is 1. The van der Waals surface area contributed by atoms with Crippen LogP contribution < -0.4 is 5.73 Å². The first-order valence-electron chi connectivity index (χ1n) is 5.23. The molecular weight excluding hydrogens is 234 g/mol. The number of nitrogens with zero attached hydrogens (tertiary/aromatic N) is 2. The second-order valence-electron chi connectivity index (χ2n) is 3.81. The Morgan fingerprint density at radius 2 is 1.88 bits per heavy atom. The molecule has 0 atom stereocenters. The van der Waals surface area contributed by atoms with Crippen LogP contribution in [0.1, 0.15) is 0 Å². The molecule has 0 unspecified atom stereocenters. The monoisotopic (exact) mass is 243 g/mol. The highest BCUT2D eigenvalue weighted by Crippen LogP contribution is 2.26. The first-order chi connectivity index (χ1) is 8.25. The predicted octanol–water partition coefficient (Wildman–Crippen LogP) is 3.24. The Balaban J connectivity index is 2.26. The molecule has 0 saturated heterocycles. The van der Waals surface area contributed by atoms with Gasteiger partial charge in [0, 0.05) is 16.8 Å². The van der Waals surface area contributed by atoms with Gasteiger partial charge >= 0.3 is 0 Å². The minimum atomic E-state index is 0.635. The van der Waals surface area contributed by atoms with Crippen LogP contribution in [0.15, 0.2) is 48.8 Å². The van der Waals surface area contributed by atoms with Crippen LogP contribution in [0.5, 0.6) is 0 Å². The summed E-state index contributed by atoms with van der Waals surface area (Å²) < 4.78 is 1.87. The fourth-order valence-electron chi connectivity index (χ4n) is 1.88. The molecule has 0 bridgehead atoms. The van der Waals surface area contributed by atoms with Gasteiger partial charge in [-0.15, -0.1) is 0 Å². The van der Waals surface area contributed by atoms with Gasteiger partial charge in [-0.1, -0.05) is 23.7 Å². The third-order valence-electron chi connectivity index (χ3n) is 2.72. The molecular formula is C13H10ClN3. The summed E-state index contributed by atoms with van der Waals surface area (Å²) in [5.74, 6) is 0.635. The summed E-state index contributed by atoms with van der Waals surface area (Å²) in [5, 5.41) is 0.726. The first-order valence-corrected chi connectivity index (χ1v) is 5.61. The highest BCUT2D eigenvalue weighted by Gasteiger charge is 2.06. The molecule has 2 aromatic heterocycles. The average Bonchev–Trinajstić information content (AvgIpc) is 2.73. The van der Waals surface area contributed by atoms with Crippen molar-refractivity contribution in [3.63, 3.8) is 0 Å². The van der Waals surface area contributed by atoms with Gasteiger partial charge in [-0.25, -0.2) is 4.98 Å². The summed E-state index contributed by atoms with van der Waals surface area (Å²) in [6.45, 7) is 0. The highest BCUT2D eigenvalue weighted by molar-refractivity contribution is 6.30.